The maximum atomic E-state index is 2.12. The maximum absolute atomic E-state index is 2.12. The third-order valence-electron chi connectivity index (χ3n) is 2.25. The monoisotopic (exact) mass is 471 g/mol. The Morgan fingerprint density at radius 3 is 0.697 bits per heavy atom. The molecule has 0 nitrogen and oxygen atoms in total. The van der Waals surface area contributed by atoms with Crippen molar-refractivity contribution in [2.75, 3.05) is 0 Å². The van der Waals surface area contributed by atoms with E-state index in [2.05, 4.69) is 67.7 Å². The van der Waals surface area contributed by atoms with Crippen LogP contribution < -0.4 is 0 Å². The van der Waals surface area contributed by atoms with Crippen molar-refractivity contribution in [2.45, 2.75) is 134 Å². The van der Waals surface area contributed by atoms with Crippen LogP contribution in [0, 0.1) is 6.92 Å². The van der Waals surface area contributed by atoms with Crippen LogP contribution in [0.25, 0.3) is 0 Å². The molecule has 0 atom stereocenters. The summed E-state index contributed by atoms with van der Waals surface area (Å²) in [5, 5.41) is 0. The Morgan fingerprint density at radius 1 is 0.394 bits per heavy atom. The minimum absolute atomic E-state index is 0. The van der Waals surface area contributed by atoms with Gasteiger partial charge in [0.15, 0.2) is 0 Å². The molecule has 0 heteroatoms. The molecule has 0 saturated heterocycles. The average Bonchev–Trinajstić information content (AvgIpc) is 3.55. The van der Waals surface area contributed by atoms with E-state index >= 15 is 0 Å². The van der Waals surface area contributed by atoms with Gasteiger partial charge in [0.05, 0.1) is 0 Å². The van der Waals surface area contributed by atoms with Gasteiger partial charge in [0, 0.05) is 0 Å². The van der Waals surface area contributed by atoms with Gasteiger partial charge in [-0.05, 0) is 19.8 Å². The van der Waals surface area contributed by atoms with E-state index in [-0.39, 0.29) is 44.6 Å². The van der Waals surface area contributed by atoms with Crippen molar-refractivity contribution in [3.63, 3.8) is 0 Å². The molecule has 1 aromatic rings. The molecule has 2 aliphatic carbocycles. The summed E-state index contributed by atoms with van der Waals surface area (Å²) in [6, 6.07) is 10.3. The van der Waals surface area contributed by atoms with Gasteiger partial charge < -0.3 is 0 Å². The van der Waals surface area contributed by atoms with Crippen LogP contribution in [0.1, 0.15) is 132 Å². The predicted molar refractivity (Wildman–Crippen MR) is 174 cm³/mol. The maximum Gasteiger partial charge on any atom is -0.0163 e. The van der Waals surface area contributed by atoms with Crippen LogP contribution in [0.15, 0.2) is 78.9 Å². The Hall–Kier alpha value is -1.82. The van der Waals surface area contributed by atoms with E-state index in [0.29, 0.717) is 0 Å². The van der Waals surface area contributed by atoms with Crippen molar-refractivity contribution < 1.29 is 0 Å². The summed E-state index contributed by atoms with van der Waals surface area (Å²) in [5.74, 6) is 0. The number of rotatable bonds is 0. The molecule has 0 aliphatic heterocycles. The number of benzene rings is 1. The second kappa shape index (κ2) is 98.2. The summed E-state index contributed by atoms with van der Waals surface area (Å²) < 4.78 is 0. The minimum atomic E-state index is 0. The molecule has 0 heterocycles. The molecule has 0 amide bonds. The summed E-state index contributed by atoms with van der Waals surface area (Å²) in [5.41, 5.74) is 1.32. The number of hydrogen-bond donors (Lipinski definition) is 0. The smallest absolute Gasteiger partial charge is 0.0163 e. The van der Waals surface area contributed by atoms with Crippen LogP contribution in [-0.4, -0.2) is 0 Å². The summed E-state index contributed by atoms with van der Waals surface area (Å²) in [6.45, 7) is 22.1. The van der Waals surface area contributed by atoms with E-state index in [0.717, 1.165) is 12.8 Å². The van der Waals surface area contributed by atoms with E-state index in [1.165, 1.54) is 5.56 Å². The Morgan fingerprint density at radius 2 is 0.606 bits per heavy atom. The van der Waals surface area contributed by atoms with Crippen molar-refractivity contribution >= 4 is 0 Å². The number of aryl methyl sites for hydroxylation is 1. The van der Waals surface area contributed by atoms with Gasteiger partial charge in [0.2, 0.25) is 0 Å². The summed E-state index contributed by atoms with van der Waals surface area (Å²) in [7, 11) is 0. The summed E-state index contributed by atoms with van der Waals surface area (Å²) >= 11 is 0. The van der Waals surface area contributed by atoms with Gasteiger partial charge >= 0.3 is 0 Å². The first-order valence-corrected chi connectivity index (χ1v) is 11.0. The molecule has 33 heavy (non-hydrogen) atoms. The zero-order chi connectivity index (χ0) is 22.2. The quantitative estimate of drug-likeness (QED) is 0.353. The van der Waals surface area contributed by atoms with Crippen molar-refractivity contribution in [1.82, 2.24) is 0 Å². The fourth-order valence-electron chi connectivity index (χ4n) is 1.32. The topological polar surface area (TPSA) is 0 Å². The lowest BCUT2D eigenvalue weighted by Gasteiger charge is -1.82. The average molecular weight is 471 g/mol. The van der Waals surface area contributed by atoms with E-state index in [9.17, 15) is 0 Å². The van der Waals surface area contributed by atoms with Gasteiger partial charge in [-0.2, -0.15) is 0 Å². The van der Waals surface area contributed by atoms with Gasteiger partial charge in [-0.1, -0.05) is 198 Å². The van der Waals surface area contributed by atoms with Gasteiger partial charge in [0.25, 0.3) is 0 Å². The summed E-state index contributed by atoms with van der Waals surface area (Å²) in [4.78, 5) is 0. The number of hydrogen-bond acceptors (Lipinski definition) is 0. The molecule has 0 fully saturated rings. The molecule has 1 aromatic carbocycles. The molecule has 0 radical (unpaired) electrons. The van der Waals surface area contributed by atoms with E-state index < -0.39 is 0 Å². The minimum Gasteiger partial charge on any atom is -0.0808 e. The van der Waals surface area contributed by atoms with Gasteiger partial charge in [-0.3, -0.25) is 0 Å². The molecule has 0 saturated carbocycles. The first-order chi connectivity index (χ1) is 13.4. The van der Waals surface area contributed by atoms with Crippen LogP contribution >= 0.6 is 0 Å². The third kappa shape index (κ3) is 91.5. The van der Waals surface area contributed by atoms with Crippen LogP contribution in [0.3, 0.4) is 0 Å². The van der Waals surface area contributed by atoms with Crippen LogP contribution in [0.5, 0.6) is 0 Å². The first kappa shape index (κ1) is 69.7. The van der Waals surface area contributed by atoms with Gasteiger partial charge in [-0.15, -0.1) is 0 Å². The van der Waals surface area contributed by atoms with Gasteiger partial charge in [0.1, 0.15) is 0 Å². The molecule has 0 aromatic heterocycles. The Balaban J connectivity index is -0.0000000193. The zero-order valence-corrected chi connectivity index (χ0v) is 20.4. The van der Waals surface area contributed by atoms with Crippen molar-refractivity contribution in [3.05, 3.63) is 84.5 Å². The van der Waals surface area contributed by atoms with Gasteiger partial charge in [-0.25, -0.2) is 0 Å². The third-order valence-corrected chi connectivity index (χ3v) is 2.25. The largest absolute Gasteiger partial charge is 0.0808 e. The molecule has 2 aliphatic rings. The molecule has 0 unspecified atom stereocenters. The second-order valence-electron chi connectivity index (χ2n) is 3.84. The van der Waals surface area contributed by atoms with E-state index in [4.69, 9.17) is 0 Å². The van der Waals surface area contributed by atoms with Crippen molar-refractivity contribution in [3.8, 4) is 0 Å². The lowest BCUT2D eigenvalue weighted by atomic mass is 10.2. The second-order valence-corrected chi connectivity index (χ2v) is 3.84. The molecule has 3 rings (SSSR count). The lowest BCUT2D eigenvalue weighted by molar-refractivity contribution is 1.45. The first-order valence-electron chi connectivity index (χ1n) is 11.0. The van der Waals surface area contributed by atoms with Crippen LogP contribution in [-0.2, 0) is 0 Å². The van der Waals surface area contributed by atoms with E-state index in [1.807, 2.05) is 87.4 Å². The summed E-state index contributed by atoms with van der Waals surface area (Å²) in [6.07, 6.45) is 19.0. The SMILES string of the molecule is C.C.C.C.C.C.C1=CCC=C1.C1=CCC=C1.CC.CC.CC.CC.CC.Cc1ccccc1. The van der Waals surface area contributed by atoms with Crippen LogP contribution in [0.4, 0.5) is 0 Å². The highest BCUT2D eigenvalue weighted by Gasteiger charge is 1.73. The molecule has 0 bridgehead atoms. The zero-order valence-electron chi connectivity index (χ0n) is 20.4. The van der Waals surface area contributed by atoms with Crippen LogP contribution in [0.2, 0.25) is 0 Å². The Kier molecular flexibility index (Phi) is 207. The standard InChI is InChI=1S/C7H8.2C5H6.5C2H6.6CH4/c1-7-5-3-2-4-6-7;2*1-2-4-5-3-1;5*1-2;;;;;;/h2-6H,1H3;2*1-4H,5H2;5*1-2H3;6*1H4. The molecule has 206 valence electrons. The van der Waals surface area contributed by atoms with Crippen molar-refractivity contribution in [1.29, 1.82) is 0 Å². The normalized spacial score (nSPS) is 8.09. The fraction of sp³-hybridized carbons (Fsp3) is 0.576. The number of allylic oxidation sites excluding steroid dienone is 8. The molecular formula is C33H74. The highest BCUT2D eigenvalue weighted by Crippen LogP contribution is 1.94. The van der Waals surface area contributed by atoms with E-state index in [1.54, 1.807) is 0 Å². The molecule has 0 N–H and O–H groups in total. The predicted octanol–water partition coefficient (Wildman–Crippen LogP) is 13.9. The fourth-order valence-corrected chi connectivity index (χ4v) is 1.32. The highest BCUT2D eigenvalue weighted by atomic mass is 13.8. The molecule has 0 spiro atoms. The molecular weight excluding hydrogens is 396 g/mol. The van der Waals surface area contributed by atoms with Crippen molar-refractivity contribution in [2.24, 2.45) is 0 Å². The Labute approximate surface area is 218 Å². The Bertz CT molecular complexity index is 349. The lowest BCUT2D eigenvalue weighted by Crippen LogP contribution is -1.62. The highest BCUT2D eigenvalue weighted by molar-refractivity contribution is 5.12.